The van der Waals surface area contributed by atoms with Gasteiger partial charge in [0, 0.05) is 6.07 Å². The zero-order valence-corrected chi connectivity index (χ0v) is 8.64. The molecule has 82 valence electrons. The van der Waals surface area contributed by atoms with Gasteiger partial charge in [-0.25, -0.2) is 9.97 Å². The summed E-state index contributed by atoms with van der Waals surface area (Å²) in [6.07, 6.45) is 1.31. The predicted octanol–water partition coefficient (Wildman–Crippen LogP) is 0.841. The second-order valence-corrected chi connectivity index (χ2v) is 3.69. The number of rotatable bonds is 3. The highest BCUT2D eigenvalue weighted by atomic mass is 32.2. The highest BCUT2D eigenvalue weighted by Crippen LogP contribution is 2.31. The molecule has 2 heterocycles. The third-order valence-corrected chi connectivity index (χ3v) is 2.53. The third-order valence-electron chi connectivity index (χ3n) is 1.64. The van der Waals surface area contributed by atoms with Crippen LogP contribution in [-0.4, -0.2) is 25.1 Å². The fraction of sp³-hybridized carbons (Fsp3) is 0. The van der Waals surface area contributed by atoms with Crippen LogP contribution in [0.1, 0.15) is 0 Å². The lowest BCUT2D eigenvalue weighted by atomic mass is 10.4. The molecule has 0 atom stereocenters. The summed E-state index contributed by atoms with van der Waals surface area (Å²) in [5.41, 5.74) is 5.35. The van der Waals surface area contributed by atoms with Gasteiger partial charge < -0.3 is 5.73 Å². The Morgan fingerprint density at radius 3 is 2.94 bits per heavy atom. The second kappa shape index (κ2) is 4.14. The summed E-state index contributed by atoms with van der Waals surface area (Å²) in [5.74, 6) is 0.215. The highest BCUT2D eigenvalue weighted by molar-refractivity contribution is 7.99. The Bertz CT molecular complexity index is 514. The molecule has 0 saturated carbocycles. The summed E-state index contributed by atoms with van der Waals surface area (Å²) in [7, 11) is 0. The lowest BCUT2D eigenvalue weighted by Crippen LogP contribution is -1.97. The fourth-order valence-corrected chi connectivity index (χ4v) is 1.78. The minimum Gasteiger partial charge on any atom is -0.384 e. The summed E-state index contributed by atoms with van der Waals surface area (Å²) in [6, 6.07) is 2.68. The van der Waals surface area contributed by atoms with Crippen LogP contribution in [-0.2, 0) is 0 Å². The van der Waals surface area contributed by atoms with Crippen molar-refractivity contribution in [1.29, 1.82) is 0 Å². The molecule has 0 spiro atoms. The molecule has 0 saturated heterocycles. The van der Waals surface area contributed by atoms with E-state index in [2.05, 4.69) is 20.2 Å². The van der Waals surface area contributed by atoms with Crippen molar-refractivity contribution in [2.45, 2.75) is 10.2 Å². The summed E-state index contributed by atoms with van der Waals surface area (Å²) in [6.45, 7) is 0. The lowest BCUT2D eigenvalue weighted by Gasteiger charge is -2.00. The number of hydrogen-bond donors (Lipinski definition) is 2. The van der Waals surface area contributed by atoms with Crippen LogP contribution in [0.15, 0.2) is 28.6 Å². The first-order valence-electron chi connectivity index (χ1n) is 4.11. The Balaban J connectivity index is 2.38. The number of nitrogen functional groups attached to an aromatic ring is 1. The van der Waals surface area contributed by atoms with E-state index in [-0.39, 0.29) is 16.5 Å². The van der Waals surface area contributed by atoms with Gasteiger partial charge in [0.2, 0.25) is 0 Å². The van der Waals surface area contributed by atoms with Gasteiger partial charge in [0.25, 0.3) is 0 Å². The number of anilines is 1. The van der Waals surface area contributed by atoms with Crippen molar-refractivity contribution in [3.8, 4) is 0 Å². The van der Waals surface area contributed by atoms with Crippen LogP contribution in [0.3, 0.4) is 0 Å². The molecular formula is C7H6N6O2S. The van der Waals surface area contributed by atoms with Crippen LogP contribution < -0.4 is 5.73 Å². The average Bonchev–Trinajstić information content (AvgIpc) is 2.70. The quantitative estimate of drug-likeness (QED) is 0.599. The maximum atomic E-state index is 10.7. The topological polar surface area (TPSA) is 124 Å². The molecule has 0 aliphatic rings. The van der Waals surface area contributed by atoms with Crippen LogP contribution in [0.2, 0.25) is 0 Å². The largest absolute Gasteiger partial charge is 0.384 e. The summed E-state index contributed by atoms with van der Waals surface area (Å²) < 4.78 is 0. The summed E-state index contributed by atoms with van der Waals surface area (Å²) >= 11 is 1.00. The number of aromatic nitrogens is 4. The third kappa shape index (κ3) is 2.08. The molecule has 2 rings (SSSR count). The number of pyridine rings is 1. The minimum absolute atomic E-state index is 0.115. The number of aromatic amines is 1. The molecule has 3 N–H and O–H groups in total. The molecule has 0 aliphatic carbocycles. The monoisotopic (exact) mass is 238 g/mol. The maximum absolute atomic E-state index is 10.7. The van der Waals surface area contributed by atoms with E-state index in [9.17, 15) is 10.1 Å². The van der Waals surface area contributed by atoms with E-state index in [0.717, 1.165) is 11.8 Å². The van der Waals surface area contributed by atoms with Crippen molar-refractivity contribution in [1.82, 2.24) is 20.2 Å². The second-order valence-electron chi connectivity index (χ2n) is 2.71. The number of nitro groups is 1. The van der Waals surface area contributed by atoms with E-state index in [1.807, 2.05) is 0 Å². The molecule has 0 bridgehead atoms. The number of nitrogens with two attached hydrogens (primary N) is 1. The maximum Gasteiger partial charge on any atom is 0.301 e. The summed E-state index contributed by atoms with van der Waals surface area (Å²) in [5, 5.41) is 17.5. The van der Waals surface area contributed by atoms with E-state index < -0.39 is 4.92 Å². The van der Waals surface area contributed by atoms with Crippen molar-refractivity contribution in [2.24, 2.45) is 0 Å². The molecule has 0 aromatic carbocycles. The molecule has 0 radical (unpaired) electrons. The van der Waals surface area contributed by atoms with Crippen LogP contribution in [0.25, 0.3) is 0 Å². The van der Waals surface area contributed by atoms with Crippen LogP contribution in [0.5, 0.6) is 0 Å². The standard InChI is InChI=1S/C7H6N6O2S/c8-5-2-1-4(13(14)15)6(11-5)16-7-9-3-10-12-7/h1-3H,(H2,8,11)(H,9,10,12). The number of hydrogen-bond acceptors (Lipinski definition) is 7. The van der Waals surface area contributed by atoms with Gasteiger partial charge in [-0.3, -0.25) is 15.2 Å². The van der Waals surface area contributed by atoms with Crippen LogP contribution >= 0.6 is 11.8 Å². The van der Waals surface area contributed by atoms with E-state index in [4.69, 9.17) is 5.73 Å². The predicted molar refractivity (Wildman–Crippen MR) is 55.8 cm³/mol. The molecule has 0 fully saturated rings. The average molecular weight is 238 g/mol. The van der Waals surface area contributed by atoms with Crippen molar-refractivity contribution in [3.05, 3.63) is 28.6 Å². The van der Waals surface area contributed by atoms with Crippen LogP contribution in [0, 0.1) is 10.1 Å². The van der Waals surface area contributed by atoms with E-state index in [0.29, 0.717) is 5.16 Å². The van der Waals surface area contributed by atoms with E-state index in [1.54, 1.807) is 0 Å². The molecule has 0 unspecified atom stereocenters. The van der Waals surface area contributed by atoms with Gasteiger partial charge in [-0.05, 0) is 17.8 Å². The first kappa shape index (κ1) is 10.4. The molecule has 8 nitrogen and oxygen atoms in total. The Hall–Kier alpha value is -2.16. The molecule has 0 amide bonds. The van der Waals surface area contributed by atoms with Crippen molar-refractivity contribution >= 4 is 23.3 Å². The van der Waals surface area contributed by atoms with Gasteiger partial charge in [0.15, 0.2) is 10.2 Å². The normalized spacial score (nSPS) is 10.2. The number of H-pyrrole nitrogens is 1. The molecule has 2 aromatic heterocycles. The van der Waals surface area contributed by atoms with Gasteiger partial charge in [-0.2, -0.15) is 5.10 Å². The molecule has 0 aliphatic heterocycles. The SMILES string of the molecule is Nc1ccc([N+](=O)[O-])c(Sc2ncn[nH]2)n1. The van der Waals surface area contributed by atoms with Gasteiger partial charge in [0.1, 0.15) is 12.1 Å². The molecule has 9 heteroatoms. The molecule has 2 aromatic rings. The number of nitrogens with zero attached hydrogens (tertiary/aromatic N) is 4. The fourth-order valence-electron chi connectivity index (χ4n) is 0.996. The first-order chi connectivity index (χ1) is 7.66. The summed E-state index contributed by atoms with van der Waals surface area (Å²) in [4.78, 5) is 17.9. The van der Waals surface area contributed by atoms with Gasteiger partial charge in [-0.1, -0.05) is 0 Å². The van der Waals surface area contributed by atoms with E-state index in [1.165, 1.54) is 18.5 Å². The number of nitrogens with one attached hydrogen (secondary N) is 1. The minimum atomic E-state index is -0.523. The first-order valence-corrected chi connectivity index (χ1v) is 4.92. The zero-order valence-electron chi connectivity index (χ0n) is 7.82. The van der Waals surface area contributed by atoms with Gasteiger partial charge in [0.05, 0.1) is 4.92 Å². The van der Waals surface area contributed by atoms with Gasteiger partial charge in [-0.15, -0.1) is 0 Å². The molecular weight excluding hydrogens is 232 g/mol. The van der Waals surface area contributed by atoms with Crippen LogP contribution in [0.4, 0.5) is 11.5 Å². The Morgan fingerprint density at radius 1 is 1.50 bits per heavy atom. The van der Waals surface area contributed by atoms with Crippen molar-refractivity contribution in [3.63, 3.8) is 0 Å². The van der Waals surface area contributed by atoms with Gasteiger partial charge >= 0.3 is 5.69 Å². The lowest BCUT2D eigenvalue weighted by molar-refractivity contribution is -0.388. The molecule has 16 heavy (non-hydrogen) atoms. The smallest absolute Gasteiger partial charge is 0.301 e. The zero-order chi connectivity index (χ0) is 11.5. The Morgan fingerprint density at radius 2 is 2.31 bits per heavy atom. The highest BCUT2D eigenvalue weighted by Gasteiger charge is 2.17. The Kier molecular flexibility index (Phi) is 2.68. The van der Waals surface area contributed by atoms with E-state index >= 15 is 0 Å². The van der Waals surface area contributed by atoms with Crippen molar-refractivity contribution in [2.75, 3.05) is 5.73 Å². The van der Waals surface area contributed by atoms with Crippen molar-refractivity contribution < 1.29 is 4.92 Å². The Labute approximate surface area is 93.4 Å².